The predicted octanol–water partition coefficient (Wildman–Crippen LogP) is 3.36. The SMILES string of the molecule is NN=Cc1ccc(-c2cc(C(=O)O)cc(C(F)(F)F)c2)cc1. The molecule has 0 unspecified atom stereocenters. The first-order valence-corrected chi connectivity index (χ1v) is 6.10. The lowest BCUT2D eigenvalue weighted by molar-refractivity contribution is -0.137. The van der Waals surface area contributed by atoms with Gasteiger partial charge in [-0.25, -0.2) is 4.79 Å². The fourth-order valence-corrected chi connectivity index (χ4v) is 1.93. The number of carbonyl (C=O) groups is 1. The van der Waals surface area contributed by atoms with Crippen LogP contribution in [0.5, 0.6) is 0 Å². The zero-order valence-corrected chi connectivity index (χ0v) is 11.1. The fourth-order valence-electron chi connectivity index (χ4n) is 1.93. The molecule has 7 heteroatoms. The van der Waals surface area contributed by atoms with Crippen molar-refractivity contribution in [3.63, 3.8) is 0 Å². The molecule has 22 heavy (non-hydrogen) atoms. The van der Waals surface area contributed by atoms with Gasteiger partial charge in [0.2, 0.25) is 0 Å². The van der Waals surface area contributed by atoms with Gasteiger partial charge in [-0.05, 0) is 34.9 Å². The van der Waals surface area contributed by atoms with Crippen LogP contribution >= 0.6 is 0 Å². The van der Waals surface area contributed by atoms with Crippen LogP contribution in [0.25, 0.3) is 11.1 Å². The summed E-state index contributed by atoms with van der Waals surface area (Å²) in [7, 11) is 0. The number of nitrogens with zero attached hydrogens (tertiary/aromatic N) is 1. The summed E-state index contributed by atoms with van der Waals surface area (Å²) in [5, 5.41) is 12.3. The van der Waals surface area contributed by atoms with Gasteiger partial charge in [-0.15, -0.1) is 0 Å². The Hall–Kier alpha value is -2.83. The molecule has 0 aliphatic rings. The third-order valence-electron chi connectivity index (χ3n) is 2.97. The Morgan fingerprint density at radius 2 is 1.73 bits per heavy atom. The molecule has 2 aromatic rings. The number of halogens is 3. The molecular weight excluding hydrogens is 297 g/mol. The van der Waals surface area contributed by atoms with Crippen molar-refractivity contribution in [3.05, 3.63) is 59.2 Å². The molecular formula is C15H11F3N2O2. The lowest BCUT2D eigenvalue weighted by atomic mass is 9.98. The minimum atomic E-state index is -4.62. The van der Waals surface area contributed by atoms with Gasteiger partial charge in [0, 0.05) is 0 Å². The van der Waals surface area contributed by atoms with Crippen molar-refractivity contribution in [2.45, 2.75) is 6.18 Å². The maximum absolute atomic E-state index is 12.9. The zero-order valence-electron chi connectivity index (χ0n) is 11.1. The average Bonchev–Trinajstić information content (AvgIpc) is 2.47. The summed E-state index contributed by atoms with van der Waals surface area (Å²) >= 11 is 0. The van der Waals surface area contributed by atoms with Crippen LogP contribution in [0.4, 0.5) is 13.2 Å². The maximum Gasteiger partial charge on any atom is 0.416 e. The van der Waals surface area contributed by atoms with E-state index in [9.17, 15) is 18.0 Å². The van der Waals surface area contributed by atoms with Gasteiger partial charge in [0.25, 0.3) is 0 Å². The molecule has 114 valence electrons. The number of hydrogen-bond acceptors (Lipinski definition) is 3. The van der Waals surface area contributed by atoms with Crippen molar-refractivity contribution in [1.29, 1.82) is 0 Å². The topological polar surface area (TPSA) is 75.7 Å². The summed E-state index contributed by atoms with van der Waals surface area (Å²) < 4.78 is 38.6. The number of aromatic carboxylic acids is 1. The van der Waals surface area contributed by atoms with E-state index >= 15 is 0 Å². The molecule has 0 bridgehead atoms. The lowest BCUT2D eigenvalue weighted by Gasteiger charge is -2.11. The number of hydrazone groups is 1. The second-order valence-electron chi connectivity index (χ2n) is 4.50. The van der Waals surface area contributed by atoms with Crippen LogP contribution in [0.1, 0.15) is 21.5 Å². The molecule has 0 aromatic heterocycles. The molecule has 0 fully saturated rings. The van der Waals surface area contributed by atoms with E-state index in [4.69, 9.17) is 10.9 Å². The Balaban J connectivity index is 2.54. The van der Waals surface area contributed by atoms with Gasteiger partial charge in [0.05, 0.1) is 17.3 Å². The Morgan fingerprint density at radius 3 is 2.23 bits per heavy atom. The Bertz CT molecular complexity index is 723. The molecule has 0 aliphatic carbocycles. The first-order valence-electron chi connectivity index (χ1n) is 6.10. The highest BCUT2D eigenvalue weighted by molar-refractivity contribution is 5.90. The summed E-state index contributed by atoms with van der Waals surface area (Å²) in [5.74, 6) is 3.59. The summed E-state index contributed by atoms with van der Waals surface area (Å²) in [6.45, 7) is 0. The molecule has 0 heterocycles. The molecule has 0 saturated heterocycles. The Labute approximate surface area is 123 Å². The van der Waals surface area contributed by atoms with E-state index in [-0.39, 0.29) is 5.56 Å². The second-order valence-corrected chi connectivity index (χ2v) is 4.50. The van der Waals surface area contributed by atoms with Gasteiger partial charge in [-0.3, -0.25) is 0 Å². The Kier molecular flexibility index (Phi) is 4.16. The second kappa shape index (κ2) is 5.88. The van der Waals surface area contributed by atoms with E-state index in [1.807, 2.05) is 0 Å². The van der Waals surface area contributed by atoms with E-state index in [2.05, 4.69) is 5.10 Å². The summed E-state index contributed by atoms with van der Waals surface area (Å²) in [4.78, 5) is 11.0. The molecule has 2 rings (SSSR count). The zero-order chi connectivity index (χ0) is 16.3. The minimum Gasteiger partial charge on any atom is -0.478 e. The summed E-state index contributed by atoms with van der Waals surface area (Å²) in [6, 6.07) is 9.10. The highest BCUT2D eigenvalue weighted by atomic mass is 19.4. The molecule has 4 nitrogen and oxygen atoms in total. The van der Waals surface area contributed by atoms with Crippen molar-refractivity contribution >= 4 is 12.2 Å². The quantitative estimate of drug-likeness (QED) is 0.518. The first kappa shape index (κ1) is 15.6. The fraction of sp³-hybridized carbons (Fsp3) is 0.0667. The van der Waals surface area contributed by atoms with Crippen molar-refractivity contribution < 1.29 is 23.1 Å². The van der Waals surface area contributed by atoms with Gasteiger partial charge >= 0.3 is 12.1 Å². The normalized spacial score (nSPS) is 11.8. The number of carboxylic acid groups (broad SMARTS) is 1. The molecule has 0 amide bonds. The first-order chi connectivity index (χ1) is 10.3. The summed E-state index contributed by atoms with van der Waals surface area (Å²) in [5.41, 5.74) is -0.115. The van der Waals surface area contributed by atoms with E-state index in [0.717, 1.165) is 6.07 Å². The van der Waals surface area contributed by atoms with Crippen LogP contribution in [-0.4, -0.2) is 17.3 Å². The van der Waals surface area contributed by atoms with Crippen molar-refractivity contribution in [3.8, 4) is 11.1 Å². The molecule has 0 atom stereocenters. The van der Waals surface area contributed by atoms with Crippen molar-refractivity contribution in [2.75, 3.05) is 0 Å². The van der Waals surface area contributed by atoms with Crippen molar-refractivity contribution in [1.82, 2.24) is 0 Å². The van der Waals surface area contributed by atoms with Crippen LogP contribution in [0.2, 0.25) is 0 Å². The van der Waals surface area contributed by atoms with Crippen LogP contribution in [-0.2, 0) is 6.18 Å². The highest BCUT2D eigenvalue weighted by Gasteiger charge is 2.31. The van der Waals surface area contributed by atoms with E-state index in [1.54, 1.807) is 24.3 Å². The highest BCUT2D eigenvalue weighted by Crippen LogP contribution is 2.33. The van der Waals surface area contributed by atoms with E-state index in [1.165, 1.54) is 12.3 Å². The van der Waals surface area contributed by atoms with E-state index < -0.39 is 23.3 Å². The smallest absolute Gasteiger partial charge is 0.416 e. The van der Waals surface area contributed by atoms with Gasteiger partial charge in [-0.1, -0.05) is 24.3 Å². The standard InChI is InChI=1S/C15H11F3N2O2/c16-15(17,18)13-6-11(5-12(7-13)14(21)22)10-3-1-9(2-4-10)8-20-19/h1-8H,19H2,(H,21,22). The third kappa shape index (κ3) is 3.43. The number of hydrogen-bond donors (Lipinski definition) is 2. The van der Waals surface area contributed by atoms with Crippen LogP contribution in [0.15, 0.2) is 47.6 Å². The number of benzene rings is 2. The molecule has 3 N–H and O–H groups in total. The largest absolute Gasteiger partial charge is 0.478 e. The van der Waals surface area contributed by atoms with Gasteiger partial charge in [0.1, 0.15) is 0 Å². The minimum absolute atomic E-state index is 0.170. The predicted molar refractivity (Wildman–Crippen MR) is 75.6 cm³/mol. The average molecular weight is 308 g/mol. The Morgan fingerprint density at radius 1 is 1.09 bits per heavy atom. The number of carboxylic acids is 1. The molecule has 0 spiro atoms. The summed E-state index contributed by atoms with van der Waals surface area (Å²) in [6.07, 6.45) is -3.23. The van der Waals surface area contributed by atoms with Crippen LogP contribution < -0.4 is 5.84 Å². The number of alkyl halides is 3. The van der Waals surface area contributed by atoms with Gasteiger partial charge in [0.15, 0.2) is 0 Å². The number of rotatable bonds is 3. The lowest BCUT2D eigenvalue weighted by Crippen LogP contribution is -2.08. The third-order valence-corrected chi connectivity index (χ3v) is 2.97. The molecule has 0 saturated carbocycles. The van der Waals surface area contributed by atoms with Crippen molar-refractivity contribution in [2.24, 2.45) is 10.9 Å². The molecule has 0 aliphatic heterocycles. The number of nitrogens with two attached hydrogens (primary N) is 1. The molecule has 0 radical (unpaired) electrons. The molecule has 2 aromatic carbocycles. The maximum atomic E-state index is 12.9. The van der Waals surface area contributed by atoms with Gasteiger partial charge < -0.3 is 10.9 Å². The van der Waals surface area contributed by atoms with Gasteiger partial charge in [-0.2, -0.15) is 18.3 Å². The monoisotopic (exact) mass is 308 g/mol. The van der Waals surface area contributed by atoms with Crippen LogP contribution in [0, 0.1) is 0 Å². The van der Waals surface area contributed by atoms with Crippen LogP contribution in [0.3, 0.4) is 0 Å². The van der Waals surface area contributed by atoms with E-state index in [0.29, 0.717) is 17.2 Å².